The highest BCUT2D eigenvalue weighted by atomic mass is 16.5. The van der Waals surface area contributed by atoms with Crippen molar-refractivity contribution >= 4 is 17.2 Å². The van der Waals surface area contributed by atoms with Gasteiger partial charge in [-0.1, -0.05) is 18.2 Å². The monoisotopic (exact) mass is 259 g/mol. The molecule has 0 unspecified atom stereocenters. The molecule has 0 saturated carbocycles. The predicted molar refractivity (Wildman–Crippen MR) is 75.6 cm³/mol. The maximum atomic E-state index is 5.90. The lowest BCUT2D eigenvalue weighted by Crippen LogP contribution is -2.03. The topological polar surface area (TPSA) is 69.4 Å². The zero-order chi connectivity index (χ0) is 13.7. The summed E-state index contributed by atoms with van der Waals surface area (Å²) in [5.74, 6) is 1.09. The molecule has 2 aromatic rings. The molecule has 3 N–H and O–H groups in total. The highest BCUT2D eigenvalue weighted by Crippen LogP contribution is 2.26. The summed E-state index contributed by atoms with van der Waals surface area (Å²) in [6, 6.07) is 11.3. The lowest BCUT2D eigenvalue weighted by molar-refractivity contribution is 0.185. The van der Waals surface area contributed by atoms with Gasteiger partial charge in [0.2, 0.25) is 5.88 Å². The highest BCUT2D eigenvalue weighted by molar-refractivity contribution is 5.70. The molecule has 5 heteroatoms. The van der Waals surface area contributed by atoms with Crippen LogP contribution in [-0.4, -0.2) is 19.2 Å². The van der Waals surface area contributed by atoms with Crippen molar-refractivity contribution in [2.24, 2.45) is 0 Å². The van der Waals surface area contributed by atoms with Gasteiger partial charge in [-0.3, -0.25) is 0 Å². The van der Waals surface area contributed by atoms with Gasteiger partial charge in [0, 0.05) is 24.4 Å². The second-order valence-corrected chi connectivity index (χ2v) is 4.01. The third kappa shape index (κ3) is 3.14. The van der Waals surface area contributed by atoms with Crippen molar-refractivity contribution in [3.8, 4) is 5.88 Å². The number of pyridine rings is 1. The number of nitrogen functional groups attached to an aromatic ring is 1. The van der Waals surface area contributed by atoms with Gasteiger partial charge in [0.15, 0.2) is 5.82 Å². The van der Waals surface area contributed by atoms with Gasteiger partial charge >= 0.3 is 0 Å². The van der Waals surface area contributed by atoms with E-state index >= 15 is 0 Å². The molecule has 0 bridgehead atoms. The van der Waals surface area contributed by atoms with Crippen molar-refractivity contribution in [2.75, 3.05) is 25.3 Å². The first-order valence-corrected chi connectivity index (χ1v) is 5.89. The summed E-state index contributed by atoms with van der Waals surface area (Å²) in [6.07, 6.45) is 0. The fourth-order valence-corrected chi connectivity index (χ4v) is 1.72. The Morgan fingerprint density at radius 1 is 1.16 bits per heavy atom. The molecule has 0 spiro atoms. The van der Waals surface area contributed by atoms with Crippen LogP contribution in [0.15, 0.2) is 36.4 Å². The third-order valence-electron chi connectivity index (χ3n) is 2.68. The van der Waals surface area contributed by atoms with E-state index in [0.717, 1.165) is 11.3 Å². The average molecular weight is 259 g/mol. The van der Waals surface area contributed by atoms with Gasteiger partial charge in [0.05, 0.1) is 19.4 Å². The number of methoxy groups -OCH3 is 2. The van der Waals surface area contributed by atoms with E-state index < -0.39 is 0 Å². The van der Waals surface area contributed by atoms with Crippen LogP contribution in [-0.2, 0) is 11.3 Å². The summed E-state index contributed by atoms with van der Waals surface area (Å²) >= 11 is 0. The fraction of sp³-hybridized carbons (Fsp3) is 0.214. The Morgan fingerprint density at radius 3 is 2.68 bits per heavy atom. The first-order chi connectivity index (χ1) is 9.24. The largest absolute Gasteiger partial charge is 0.481 e. The standard InChI is InChI=1S/C14H17N3O2/c1-18-9-10-5-3-4-6-12(10)16-14-11(15)7-8-13(17-14)19-2/h3-8H,9,15H2,1-2H3,(H,16,17). The minimum Gasteiger partial charge on any atom is -0.481 e. The first kappa shape index (κ1) is 13.2. The number of rotatable bonds is 5. The Kier molecular flexibility index (Phi) is 4.20. The van der Waals surface area contributed by atoms with Crippen LogP contribution < -0.4 is 15.8 Å². The maximum Gasteiger partial charge on any atom is 0.215 e. The number of nitrogens with one attached hydrogen (secondary N) is 1. The van der Waals surface area contributed by atoms with Crippen molar-refractivity contribution in [3.05, 3.63) is 42.0 Å². The molecular formula is C14H17N3O2. The molecule has 100 valence electrons. The number of anilines is 3. The summed E-state index contributed by atoms with van der Waals surface area (Å²) in [4.78, 5) is 4.29. The van der Waals surface area contributed by atoms with Crippen molar-refractivity contribution in [2.45, 2.75) is 6.61 Å². The maximum absolute atomic E-state index is 5.90. The second kappa shape index (κ2) is 6.06. The van der Waals surface area contributed by atoms with Crippen LogP contribution in [0.1, 0.15) is 5.56 Å². The number of hydrogen-bond acceptors (Lipinski definition) is 5. The molecule has 0 amide bonds. The molecule has 0 aliphatic rings. The Balaban J connectivity index is 2.30. The zero-order valence-electron chi connectivity index (χ0n) is 11.0. The smallest absolute Gasteiger partial charge is 0.215 e. The minimum atomic E-state index is 0.515. The van der Waals surface area contributed by atoms with Crippen molar-refractivity contribution in [1.82, 2.24) is 4.98 Å². The van der Waals surface area contributed by atoms with Gasteiger partial charge in [-0.2, -0.15) is 4.98 Å². The summed E-state index contributed by atoms with van der Waals surface area (Å²) in [5.41, 5.74) is 8.42. The molecule has 1 aromatic carbocycles. The Bertz CT molecular complexity index is 558. The molecule has 0 aliphatic carbocycles. The third-order valence-corrected chi connectivity index (χ3v) is 2.68. The fourth-order valence-electron chi connectivity index (χ4n) is 1.72. The molecule has 5 nitrogen and oxygen atoms in total. The van der Waals surface area contributed by atoms with Crippen LogP contribution in [0.5, 0.6) is 5.88 Å². The molecule has 0 atom stereocenters. The number of aromatic nitrogens is 1. The van der Waals surface area contributed by atoms with Gasteiger partial charge in [0.1, 0.15) is 0 Å². The zero-order valence-corrected chi connectivity index (χ0v) is 11.0. The van der Waals surface area contributed by atoms with Crippen molar-refractivity contribution in [3.63, 3.8) is 0 Å². The number of ether oxygens (including phenoxy) is 2. The molecule has 0 aliphatic heterocycles. The lowest BCUT2D eigenvalue weighted by atomic mass is 10.2. The first-order valence-electron chi connectivity index (χ1n) is 5.89. The summed E-state index contributed by atoms with van der Waals surface area (Å²) < 4.78 is 10.3. The molecular weight excluding hydrogens is 242 g/mol. The van der Waals surface area contributed by atoms with E-state index in [2.05, 4.69) is 10.3 Å². The van der Waals surface area contributed by atoms with E-state index in [0.29, 0.717) is 24.0 Å². The quantitative estimate of drug-likeness (QED) is 0.863. The van der Waals surface area contributed by atoms with E-state index in [4.69, 9.17) is 15.2 Å². The van der Waals surface area contributed by atoms with Gasteiger partial charge in [-0.25, -0.2) is 0 Å². The number of para-hydroxylation sites is 1. The number of nitrogens with zero attached hydrogens (tertiary/aromatic N) is 1. The van der Waals surface area contributed by atoms with Gasteiger partial charge in [-0.15, -0.1) is 0 Å². The number of nitrogens with two attached hydrogens (primary N) is 1. The van der Waals surface area contributed by atoms with Crippen LogP contribution in [0.25, 0.3) is 0 Å². The van der Waals surface area contributed by atoms with E-state index in [1.54, 1.807) is 26.4 Å². The van der Waals surface area contributed by atoms with Crippen LogP contribution in [0.4, 0.5) is 17.2 Å². The van der Waals surface area contributed by atoms with Gasteiger partial charge in [0.25, 0.3) is 0 Å². The van der Waals surface area contributed by atoms with Crippen LogP contribution in [0, 0.1) is 0 Å². The van der Waals surface area contributed by atoms with Gasteiger partial charge < -0.3 is 20.5 Å². The normalized spacial score (nSPS) is 10.2. The predicted octanol–water partition coefficient (Wildman–Crippen LogP) is 2.56. The molecule has 0 saturated heterocycles. The summed E-state index contributed by atoms with van der Waals surface area (Å²) in [6.45, 7) is 0.521. The molecule has 19 heavy (non-hydrogen) atoms. The molecule has 0 radical (unpaired) electrons. The SMILES string of the molecule is COCc1ccccc1Nc1nc(OC)ccc1N. The van der Waals surface area contributed by atoms with E-state index in [1.165, 1.54) is 0 Å². The average Bonchev–Trinajstić information content (AvgIpc) is 2.43. The number of benzene rings is 1. The van der Waals surface area contributed by atoms with Crippen molar-refractivity contribution < 1.29 is 9.47 Å². The molecule has 1 heterocycles. The summed E-state index contributed by atoms with van der Waals surface area (Å²) in [5, 5.41) is 3.20. The van der Waals surface area contributed by atoms with E-state index in [1.807, 2.05) is 24.3 Å². The van der Waals surface area contributed by atoms with Crippen LogP contribution in [0.2, 0.25) is 0 Å². The minimum absolute atomic E-state index is 0.515. The summed E-state index contributed by atoms with van der Waals surface area (Å²) in [7, 11) is 3.23. The second-order valence-electron chi connectivity index (χ2n) is 4.01. The Morgan fingerprint density at radius 2 is 1.95 bits per heavy atom. The molecule has 1 aromatic heterocycles. The van der Waals surface area contributed by atoms with Crippen molar-refractivity contribution in [1.29, 1.82) is 0 Å². The Hall–Kier alpha value is -2.27. The van der Waals surface area contributed by atoms with E-state index in [9.17, 15) is 0 Å². The Labute approximate surface area is 112 Å². The van der Waals surface area contributed by atoms with Gasteiger partial charge in [-0.05, 0) is 12.1 Å². The van der Waals surface area contributed by atoms with E-state index in [-0.39, 0.29) is 0 Å². The molecule has 0 fully saturated rings. The lowest BCUT2D eigenvalue weighted by Gasteiger charge is -2.13. The van der Waals surface area contributed by atoms with Crippen LogP contribution in [0.3, 0.4) is 0 Å². The molecule has 2 rings (SSSR count). The highest BCUT2D eigenvalue weighted by Gasteiger charge is 2.07. The number of hydrogen-bond donors (Lipinski definition) is 2. The van der Waals surface area contributed by atoms with Crippen LogP contribution >= 0.6 is 0 Å².